The van der Waals surface area contributed by atoms with E-state index in [0.717, 1.165) is 36.2 Å². The van der Waals surface area contributed by atoms with Gasteiger partial charge in [-0.3, -0.25) is 4.90 Å². The van der Waals surface area contributed by atoms with Crippen LogP contribution in [-0.4, -0.2) is 67.2 Å². The summed E-state index contributed by atoms with van der Waals surface area (Å²) in [6.07, 6.45) is 14.7. The molecule has 5 rings (SSSR count). The van der Waals surface area contributed by atoms with Crippen LogP contribution in [0.3, 0.4) is 0 Å². The van der Waals surface area contributed by atoms with Crippen molar-refractivity contribution in [2.24, 2.45) is 0 Å². The SMILES string of the molecule is CNC1CCN(c2c(Br)cnc3[nH]cc(N4C=C(C5CCCN5C)C=CC4)c23)C1. The number of nitrogens with one attached hydrogen (secondary N) is 2. The summed E-state index contributed by atoms with van der Waals surface area (Å²) in [5.74, 6) is 0. The number of hydrogen-bond acceptors (Lipinski definition) is 5. The van der Waals surface area contributed by atoms with Crippen LogP contribution in [0.4, 0.5) is 11.4 Å². The highest BCUT2D eigenvalue weighted by atomic mass is 79.9. The zero-order valence-corrected chi connectivity index (χ0v) is 18.7. The second-order valence-corrected chi connectivity index (χ2v) is 9.25. The van der Waals surface area contributed by atoms with E-state index in [1.807, 2.05) is 6.20 Å². The summed E-state index contributed by atoms with van der Waals surface area (Å²) in [7, 11) is 4.29. The summed E-state index contributed by atoms with van der Waals surface area (Å²) in [4.78, 5) is 15.4. The fourth-order valence-electron chi connectivity index (χ4n) is 5.05. The van der Waals surface area contributed by atoms with Gasteiger partial charge in [0.15, 0.2) is 0 Å². The van der Waals surface area contributed by atoms with Crippen LogP contribution in [0.15, 0.2) is 40.8 Å². The Morgan fingerprint density at radius 2 is 2.17 bits per heavy atom. The summed E-state index contributed by atoms with van der Waals surface area (Å²) < 4.78 is 1.06. The van der Waals surface area contributed by atoms with Crippen LogP contribution in [0.25, 0.3) is 11.0 Å². The molecule has 2 atom stereocenters. The first-order chi connectivity index (χ1) is 14.2. The Hall–Kier alpha value is -1.83. The summed E-state index contributed by atoms with van der Waals surface area (Å²) in [5.41, 5.74) is 4.82. The molecule has 0 radical (unpaired) electrons. The number of aromatic nitrogens is 2. The van der Waals surface area contributed by atoms with Crippen molar-refractivity contribution in [1.82, 2.24) is 20.2 Å². The maximum absolute atomic E-state index is 4.66. The Kier molecular flexibility index (Phi) is 5.14. The largest absolute Gasteiger partial charge is 0.368 e. The highest BCUT2D eigenvalue weighted by molar-refractivity contribution is 9.10. The van der Waals surface area contributed by atoms with E-state index in [0.29, 0.717) is 12.1 Å². The first-order valence-corrected chi connectivity index (χ1v) is 11.4. The van der Waals surface area contributed by atoms with Gasteiger partial charge < -0.3 is 20.1 Å². The van der Waals surface area contributed by atoms with Crippen molar-refractivity contribution < 1.29 is 0 Å². The molecule has 2 fully saturated rings. The molecule has 0 spiro atoms. The minimum atomic E-state index is 0.526. The van der Waals surface area contributed by atoms with Gasteiger partial charge in [-0.25, -0.2) is 4.98 Å². The first-order valence-electron chi connectivity index (χ1n) is 10.6. The van der Waals surface area contributed by atoms with E-state index in [1.54, 1.807) is 0 Å². The molecule has 6 nitrogen and oxygen atoms in total. The maximum Gasteiger partial charge on any atom is 0.141 e. The van der Waals surface area contributed by atoms with Gasteiger partial charge in [-0.05, 0) is 61.4 Å². The van der Waals surface area contributed by atoms with Gasteiger partial charge in [-0.2, -0.15) is 0 Å². The molecule has 29 heavy (non-hydrogen) atoms. The van der Waals surface area contributed by atoms with Gasteiger partial charge in [-0.1, -0.05) is 12.2 Å². The molecular weight excluding hydrogens is 428 g/mol. The molecule has 0 saturated carbocycles. The number of fused-ring (bicyclic) bond motifs is 1. The highest BCUT2D eigenvalue weighted by Gasteiger charge is 2.29. The summed E-state index contributed by atoms with van der Waals surface area (Å²) in [6, 6.07) is 1.06. The third-order valence-electron chi connectivity index (χ3n) is 6.65. The molecule has 2 saturated heterocycles. The summed E-state index contributed by atoms with van der Waals surface area (Å²) in [5, 5.41) is 4.64. The standard InChI is InChI=1S/C22H29BrN6/c1-24-16-7-10-29(14-16)21-17(23)11-25-22-20(21)19(12-26-22)28-9-3-5-15(13-28)18-6-4-8-27(18)2/h3,5,11-13,16,18,24H,4,6-10,14H2,1-2H3,(H,25,26). The lowest BCUT2D eigenvalue weighted by Gasteiger charge is -2.29. The molecule has 0 bridgehead atoms. The van der Waals surface area contributed by atoms with Crippen molar-refractivity contribution in [3.63, 3.8) is 0 Å². The lowest BCUT2D eigenvalue weighted by atomic mass is 10.0. The van der Waals surface area contributed by atoms with Crippen LogP contribution in [-0.2, 0) is 0 Å². The molecule has 3 aliphatic heterocycles. The number of nitrogens with zero attached hydrogens (tertiary/aromatic N) is 4. The van der Waals surface area contributed by atoms with Crippen molar-refractivity contribution in [2.45, 2.75) is 31.3 Å². The smallest absolute Gasteiger partial charge is 0.141 e. The summed E-state index contributed by atoms with van der Waals surface area (Å²) in [6.45, 7) is 4.15. The first kappa shape index (κ1) is 19.2. The third kappa shape index (κ3) is 3.39. The predicted molar refractivity (Wildman–Crippen MR) is 124 cm³/mol. The fourth-order valence-corrected chi connectivity index (χ4v) is 5.60. The van der Waals surface area contributed by atoms with Crippen molar-refractivity contribution >= 4 is 38.3 Å². The van der Waals surface area contributed by atoms with E-state index in [1.165, 1.54) is 41.7 Å². The summed E-state index contributed by atoms with van der Waals surface area (Å²) >= 11 is 3.79. The topological polar surface area (TPSA) is 50.4 Å². The van der Waals surface area contributed by atoms with Crippen LogP contribution in [0.1, 0.15) is 19.3 Å². The van der Waals surface area contributed by atoms with E-state index in [9.17, 15) is 0 Å². The third-order valence-corrected chi connectivity index (χ3v) is 7.23. The zero-order chi connectivity index (χ0) is 20.0. The van der Waals surface area contributed by atoms with Crippen molar-refractivity contribution in [2.75, 3.05) is 50.1 Å². The molecule has 2 N–H and O–H groups in total. The van der Waals surface area contributed by atoms with Crippen LogP contribution >= 0.6 is 15.9 Å². The van der Waals surface area contributed by atoms with E-state index >= 15 is 0 Å². The second-order valence-electron chi connectivity index (χ2n) is 8.40. The zero-order valence-electron chi connectivity index (χ0n) is 17.2. The van der Waals surface area contributed by atoms with Gasteiger partial charge in [0, 0.05) is 50.3 Å². The van der Waals surface area contributed by atoms with Crippen LogP contribution in [0, 0.1) is 0 Å². The Morgan fingerprint density at radius 1 is 1.28 bits per heavy atom. The minimum absolute atomic E-state index is 0.526. The average Bonchev–Trinajstić information content (AvgIpc) is 3.47. The van der Waals surface area contributed by atoms with E-state index in [2.05, 4.69) is 84.6 Å². The van der Waals surface area contributed by atoms with Gasteiger partial charge in [-0.15, -0.1) is 0 Å². The molecule has 0 amide bonds. The van der Waals surface area contributed by atoms with Gasteiger partial charge >= 0.3 is 0 Å². The molecule has 2 aromatic rings. The molecule has 2 aromatic heterocycles. The molecule has 5 heterocycles. The Balaban J connectivity index is 1.55. The molecule has 154 valence electrons. The van der Waals surface area contributed by atoms with Crippen LogP contribution in [0.2, 0.25) is 0 Å². The predicted octanol–water partition coefficient (Wildman–Crippen LogP) is 3.48. The highest BCUT2D eigenvalue weighted by Crippen LogP contribution is 2.41. The average molecular weight is 457 g/mol. The van der Waals surface area contributed by atoms with Gasteiger partial charge in [0.2, 0.25) is 0 Å². The van der Waals surface area contributed by atoms with Crippen LogP contribution < -0.4 is 15.1 Å². The van der Waals surface area contributed by atoms with Crippen molar-refractivity contribution in [3.8, 4) is 0 Å². The van der Waals surface area contributed by atoms with Crippen molar-refractivity contribution in [1.29, 1.82) is 0 Å². The molecule has 0 aromatic carbocycles. The maximum atomic E-state index is 4.66. The van der Waals surface area contributed by atoms with E-state index < -0.39 is 0 Å². The lowest BCUT2D eigenvalue weighted by molar-refractivity contribution is 0.348. The molecule has 7 heteroatoms. The van der Waals surface area contributed by atoms with Crippen LogP contribution in [0.5, 0.6) is 0 Å². The monoisotopic (exact) mass is 456 g/mol. The molecule has 2 unspecified atom stereocenters. The number of pyridine rings is 1. The Morgan fingerprint density at radius 3 is 2.93 bits per heavy atom. The number of hydrogen-bond donors (Lipinski definition) is 2. The molecular formula is C22H29BrN6. The van der Waals surface area contributed by atoms with Gasteiger partial charge in [0.25, 0.3) is 0 Å². The molecule has 0 aliphatic carbocycles. The van der Waals surface area contributed by atoms with E-state index in [4.69, 9.17) is 0 Å². The fraction of sp³-hybridized carbons (Fsp3) is 0.500. The van der Waals surface area contributed by atoms with Crippen molar-refractivity contribution in [3.05, 3.63) is 40.8 Å². The van der Waals surface area contributed by atoms with Gasteiger partial charge in [0.1, 0.15) is 5.65 Å². The number of anilines is 2. The number of likely N-dealkylation sites (tertiary alicyclic amines) is 1. The Labute approximate surface area is 180 Å². The molecule has 3 aliphatic rings. The lowest BCUT2D eigenvalue weighted by Crippen LogP contribution is -2.30. The Bertz CT molecular complexity index is 964. The number of aromatic amines is 1. The minimum Gasteiger partial charge on any atom is -0.368 e. The quantitative estimate of drug-likeness (QED) is 0.737. The number of likely N-dealkylation sites (N-methyl/N-ethyl adjacent to an activating group) is 2. The number of halogens is 1. The second kappa shape index (κ2) is 7.78. The normalized spacial score (nSPS) is 25.4. The van der Waals surface area contributed by atoms with E-state index in [-0.39, 0.29) is 0 Å². The number of H-pyrrole nitrogens is 1. The van der Waals surface area contributed by atoms with Gasteiger partial charge in [0.05, 0.1) is 21.2 Å². The number of rotatable bonds is 4.